The number of rotatable bonds is 8. The van der Waals surface area contributed by atoms with Crippen molar-refractivity contribution < 1.29 is 4.74 Å². The molecule has 1 aliphatic rings. The van der Waals surface area contributed by atoms with E-state index in [1.54, 1.807) is 0 Å². The zero-order valence-electron chi connectivity index (χ0n) is 10.9. The van der Waals surface area contributed by atoms with Gasteiger partial charge in [-0.15, -0.1) is 0 Å². The highest BCUT2D eigenvalue weighted by Gasteiger charge is 2.21. The van der Waals surface area contributed by atoms with E-state index in [0.29, 0.717) is 12.1 Å². The Hall–Kier alpha value is -0.0800. The maximum Gasteiger partial charge on any atom is 0.0725 e. The number of unbranched alkanes of at least 4 members (excludes halogenated alkanes) is 5. The minimum atomic E-state index is 0.300. The van der Waals surface area contributed by atoms with Crippen molar-refractivity contribution in [1.82, 2.24) is 0 Å². The molecule has 1 fully saturated rings. The van der Waals surface area contributed by atoms with Crippen LogP contribution in [0.15, 0.2) is 0 Å². The molecule has 0 aromatic rings. The third kappa shape index (κ3) is 5.86. The van der Waals surface area contributed by atoms with Crippen LogP contribution in [0.25, 0.3) is 0 Å². The van der Waals surface area contributed by atoms with Gasteiger partial charge in [-0.1, -0.05) is 51.9 Å². The van der Waals surface area contributed by atoms with Gasteiger partial charge in [0.25, 0.3) is 0 Å². The molecule has 2 unspecified atom stereocenters. The summed E-state index contributed by atoms with van der Waals surface area (Å²) in [5.41, 5.74) is 6.03. The van der Waals surface area contributed by atoms with E-state index < -0.39 is 0 Å². The molecule has 2 N–H and O–H groups in total. The standard InChI is InChI=1S/C14H29NO/c1-2-3-4-5-6-9-12-16-14-11-8-7-10-13(14)15/h13-14H,2-12,15H2,1H3. The molecule has 0 aliphatic heterocycles. The molecule has 1 rings (SSSR count). The lowest BCUT2D eigenvalue weighted by atomic mass is 9.93. The number of hydrogen-bond acceptors (Lipinski definition) is 2. The van der Waals surface area contributed by atoms with Crippen LogP contribution in [-0.4, -0.2) is 18.8 Å². The summed E-state index contributed by atoms with van der Waals surface area (Å²) in [7, 11) is 0. The Kier molecular flexibility index (Phi) is 7.87. The van der Waals surface area contributed by atoms with Crippen molar-refractivity contribution in [1.29, 1.82) is 0 Å². The smallest absolute Gasteiger partial charge is 0.0725 e. The second kappa shape index (κ2) is 9.00. The summed E-state index contributed by atoms with van der Waals surface area (Å²) in [4.78, 5) is 0. The molecule has 0 aromatic carbocycles. The molecular weight excluding hydrogens is 198 g/mol. The van der Waals surface area contributed by atoms with Gasteiger partial charge in [-0.25, -0.2) is 0 Å². The Labute approximate surface area is 101 Å². The van der Waals surface area contributed by atoms with E-state index in [1.807, 2.05) is 0 Å². The second-order valence-corrected chi connectivity index (χ2v) is 5.13. The van der Waals surface area contributed by atoms with Gasteiger partial charge >= 0.3 is 0 Å². The van der Waals surface area contributed by atoms with Crippen LogP contribution in [0.2, 0.25) is 0 Å². The Morgan fingerprint density at radius 3 is 2.44 bits per heavy atom. The predicted octanol–water partition coefficient (Wildman–Crippen LogP) is 3.63. The van der Waals surface area contributed by atoms with Crippen LogP contribution in [0.1, 0.15) is 71.1 Å². The average Bonchev–Trinajstić information content (AvgIpc) is 2.30. The van der Waals surface area contributed by atoms with Crippen molar-refractivity contribution >= 4 is 0 Å². The van der Waals surface area contributed by atoms with Crippen molar-refractivity contribution in [2.45, 2.75) is 83.3 Å². The van der Waals surface area contributed by atoms with Crippen LogP contribution in [-0.2, 0) is 4.74 Å². The van der Waals surface area contributed by atoms with Gasteiger partial charge in [0.2, 0.25) is 0 Å². The number of hydrogen-bond donors (Lipinski definition) is 1. The molecule has 2 atom stereocenters. The highest BCUT2D eigenvalue weighted by molar-refractivity contribution is 4.78. The van der Waals surface area contributed by atoms with Gasteiger partial charge in [-0.3, -0.25) is 0 Å². The van der Waals surface area contributed by atoms with E-state index >= 15 is 0 Å². The quantitative estimate of drug-likeness (QED) is 0.643. The molecule has 16 heavy (non-hydrogen) atoms. The van der Waals surface area contributed by atoms with Gasteiger partial charge in [0.05, 0.1) is 6.10 Å². The van der Waals surface area contributed by atoms with Crippen LogP contribution >= 0.6 is 0 Å². The first kappa shape index (κ1) is 14.0. The van der Waals surface area contributed by atoms with Gasteiger partial charge in [-0.2, -0.15) is 0 Å². The zero-order chi connectivity index (χ0) is 11.6. The molecule has 1 saturated carbocycles. The van der Waals surface area contributed by atoms with Crippen molar-refractivity contribution in [2.75, 3.05) is 6.61 Å². The monoisotopic (exact) mass is 227 g/mol. The van der Waals surface area contributed by atoms with E-state index in [4.69, 9.17) is 10.5 Å². The maximum atomic E-state index is 6.03. The average molecular weight is 227 g/mol. The lowest BCUT2D eigenvalue weighted by molar-refractivity contribution is 0.0132. The minimum absolute atomic E-state index is 0.300. The molecule has 0 bridgehead atoms. The third-order valence-electron chi connectivity index (χ3n) is 3.58. The van der Waals surface area contributed by atoms with Crippen molar-refractivity contribution in [3.8, 4) is 0 Å². The molecule has 1 aliphatic carbocycles. The van der Waals surface area contributed by atoms with Crippen molar-refractivity contribution in [2.24, 2.45) is 5.73 Å². The number of ether oxygens (including phenoxy) is 1. The molecule has 0 saturated heterocycles. The van der Waals surface area contributed by atoms with E-state index in [0.717, 1.165) is 13.0 Å². The zero-order valence-corrected chi connectivity index (χ0v) is 10.9. The first-order chi connectivity index (χ1) is 7.84. The molecule has 0 heterocycles. The summed E-state index contributed by atoms with van der Waals surface area (Å²) in [5, 5.41) is 0. The molecule has 96 valence electrons. The molecule has 0 radical (unpaired) electrons. The summed E-state index contributed by atoms with van der Waals surface area (Å²) < 4.78 is 5.88. The van der Waals surface area contributed by atoms with Crippen LogP contribution in [0.4, 0.5) is 0 Å². The fraction of sp³-hybridized carbons (Fsp3) is 1.00. The molecule has 0 aromatic heterocycles. The van der Waals surface area contributed by atoms with Gasteiger partial charge in [0, 0.05) is 12.6 Å². The van der Waals surface area contributed by atoms with Crippen LogP contribution in [0.3, 0.4) is 0 Å². The molecule has 0 spiro atoms. The van der Waals surface area contributed by atoms with Gasteiger partial charge in [-0.05, 0) is 19.3 Å². The van der Waals surface area contributed by atoms with Crippen molar-refractivity contribution in [3.63, 3.8) is 0 Å². The van der Waals surface area contributed by atoms with Crippen molar-refractivity contribution in [3.05, 3.63) is 0 Å². The Morgan fingerprint density at radius 2 is 1.69 bits per heavy atom. The van der Waals surface area contributed by atoms with E-state index in [1.165, 1.54) is 57.8 Å². The first-order valence-corrected chi connectivity index (χ1v) is 7.21. The van der Waals surface area contributed by atoms with Gasteiger partial charge < -0.3 is 10.5 Å². The highest BCUT2D eigenvalue weighted by atomic mass is 16.5. The maximum absolute atomic E-state index is 6.03. The van der Waals surface area contributed by atoms with Gasteiger partial charge in [0.1, 0.15) is 0 Å². The van der Waals surface area contributed by atoms with Crippen LogP contribution in [0, 0.1) is 0 Å². The molecule has 2 heteroatoms. The van der Waals surface area contributed by atoms with Crippen LogP contribution < -0.4 is 5.73 Å². The summed E-state index contributed by atoms with van der Waals surface area (Å²) in [6.45, 7) is 3.18. The molecular formula is C14H29NO. The minimum Gasteiger partial charge on any atom is -0.377 e. The molecule has 0 amide bonds. The normalized spacial score (nSPS) is 25.9. The lowest BCUT2D eigenvalue weighted by Gasteiger charge is -2.28. The van der Waals surface area contributed by atoms with E-state index in [2.05, 4.69) is 6.92 Å². The van der Waals surface area contributed by atoms with E-state index in [-0.39, 0.29) is 0 Å². The summed E-state index contributed by atoms with van der Waals surface area (Å²) in [5.74, 6) is 0. The summed E-state index contributed by atoms with van der Waals surface area (Å²) >= 11 is 0. The summed E-state index contributed by atoms with van der Waals surface area (Å²) in [6, 6.07) is 0.300. The summed E-state index contributed by atoms with van der Waals surface area (Å²) in [6.07, 6.45) is 13.3. The topological polar surface area (TPSA) is 35.2 Å². The number of nitrogens with two attached hydrogens (primary N) is 1. The van der Waals surface area contributed by atoms with Crippen LogP contribution in [0.5, 0.6) is 0 Å². The van der Waals surface area contributed by atoms with E-state index in [9.17, 15) is 0 Å². The Bertz CT molecular complexity index is 161. The highest BCUT2D eigenvalue weighted by Crippen LogP contribution is 2.20. The first-order valence-electron chi connectivity index (χ1n) is 7.21. The molecule has 2 nitrogen and oxygen atoms in total. The lowest BCUT2D eigenvalue weighted by Crippen LogP contribution is -2.39. The fourth-order valence-corrected chi connectivity index (χ4v) is 2.45. The SMILES string of the molecule is CCCCCCCCOC1CCCCC1N. The Balaban J connectivity index is 1.90. The predicted molar refractivity (Wildman–Crippen MR) is 69.6 cm³/mol. The van der Waals surface area contributed by atoms with Gasteiger partial charge in [0.15, 0.2) is 0 Å². The fourth-order valence-electron chi connectivity index (χ4n) is 2.45. The third-order valence-corrected chi connectivity index (χ3v) is 3.58. The Morgan fingerprint density at radius 1 is 1.00 bits per heavy atom. The largest absolute Gasteiger partial charge is 0.377 e. The second-order valence-electron chi connectivity index (χ2n) is 5.13.